The minimum atomic E-state index is -0.000401. The van der Waals surface area contributed by atoms with Gasteiger partial charge in [0.1, 0.15) is 0 Å². The molecule has 0 spiro atoms. The van der Waals surface area contributed by atoms with Crippen LogP contribution in [0.5, 0.6) is 0 Å². The maximum Gasteiger partial charge on any atom is 0.224 e. The van der Waals surface area contributed by atoms with Gasteiger partial charge in [0.05, 0.1) is 12.8 Å². The van der Waals surface area contributed by atoms with E-state index in [-0.39, 0.29) is 5.91 Å². The topological polar surface area (TPSA) is 50.4 Å². The summed E-state index contributed by atoms with van der Waals surface area (Å²) in [6.07, 6.45) is 0.474. The average molecular weight is 286 g/mol. The number of aryl methyl sites for hydroxylation is 1. The largest absolute Gasteiger partial charge is 0.326 e. The summed E-state index contributed by atoms with van der Waals surface area (Å²) in [4.78, 5) is 15.8. The Bertz CT molecular complexity index is 541. The summed E-state index contributed by atoms with van der Waals surface area (Å²) in [6.45, 7) is 3.90. The molecule has 0 aliphatic heterocycles. The number of nitrogens with one attached hydrogen (secondary N) is 2. The van der Waals surface area contributed by atoms with E-state index in [1.165, 1.54) is 12.7 Å². The highest BCUT2D eigenvalue weighted by Gasteiger charge is 1.99. The van der Waals surface area contributed by atoms with Crippen LogP contribution in [0.4, 0.5) is 11.4 Å². The standard InChI is InChI=1S/C10H14N2O2.C7H8/c1-3-10(13)11-8-5-4-6-9(7-8)12-14-2;1-7-5-3-2-4-6-7/h4-7,12H,3H2,1-2H3,(H,11,13);2-6H,1H3. The van der Waals surface area contributed by atoms with Gasteiger partial charge in [-0.3, -0.25) is 15.1 Å². The minimum absolute atomic E-state index is 0.000401. The molecule has 0 unspecified atom stereocenters. The van der Waals surface area contributed by atoms with Crippen LogP contribution in [0.1, 0.15) is 18.9 Å². The number of hydrogen-bond acceptors (Lipinski definition) is 3. The van der Waals surface area contributed by atoms with Crippen LogP contribution in [0.3, 0.4) is 0 Å². The van der Waals surface area contributed by atoms with Gasteiger partial charge in [-0.25, -0.2) is 0 Å². The number of hydrogen-bond donors (Lipinski definition) is 2. The lowest BCUT2D eigenvalue weighted by Crippen LogP contribution is -2.09. The summed E-state index contributed by atoms with van der Waals surface area (Å²) in [5.41, 5.74) is 5.58. The molecule has 4 heteroatoms. The molecule has 2 N–H and O–H groups in total. The zero-order valence-corrected chi connectivity index (χ0v) is 12.7. The van der Waals surface area contributed by atoms with Crippen LogP contribution in [0.2, 0.25) is 0 Å². The van der Waals surface area contributed by atoms with Crippen LogP contribution in [0.15, 0.2) is 54.6 Å². The Labute approximate surface area is 126 Å². The molecule has 0 atom stereocenters. The van der Waals surface area contributed by atoms with Gasteiger partial charge in [0.25, 0.3) is 0 Å². The van der Waals surface area contributed by atoms with E-state index < -0.39 is 0 Å². The molecule has 4 nitrogen and oxygen atoms in total. The van der Waals surface area contributed by atoms with Crippen molar-refractivity contribution in [1.29, 1.82) is 0 Å². The van der Waals surface area contributed by atoms with Crippen molar-refractivity contribution in [2.45, 2.75) is 20.3 Å². The number of carbonyl (C=O) groups is 1. The van der Waals surface area contributed by atoms with Gasteiger partial charge in [-0.1, -0.05) is 48.9 Å². The lowest BCUT2D eigenvalue weighted by molar-refractivity contribution is -0.115. The molecular formula is C17H22N2O2. The zero-order chi connectivity index (χ0) is 15.5. The van der Waals surface area contributed by atoms with Crippen LogP contribution in [-0.2, 0) is 9.63 Å². The molecule has 0 aromatic heterocycles. The van der Waals surface area contributed by atoms with E-state index in [0.29, 0.717) is 6.42 Å². The van der Waals surface area contributed by atoms with Crippen molar-refractivity contribution in [3.63, 3.8) is 0 Å². The molecular weight excluding hydrogens is 264 g/mol. The van der Waals surface area contributed by atoms with E-state index >= 15 is 0 Å². The molecule has 0 saturated carbocycles. The summed E-state index contributed by atoms with van der Waals surface area (Å²) < 4.78 is 0. The molecule has 2 aromatic rings. The molecule has 2 rings (SSSR count). The first-order valence-corrected chi connectivity index (χ1v) is 6.86. The molecule has 0 fully saturated rings. The molecule has 0 aliphatic rings. The normalized spacial score (nSPS) is 9.29. The van der Waals surface area contributed by atoms with Crippen molar-refractivity contribution < 1.29 is 9.63 Å². The second-order valence-corrected chi connectivity index (χ2v) is 4.44. The zero-order valence-electron chi connectivity index (χ0n) is 12.7. The lowest BCUT2D eigenvalue weighted by atomic mass is 10.2. The summed E-state index contributed by atoms with van der Waals surface area (Å²) in [6, 6.07) is 17.6. The number of carbonyl (C=O) groups excluding carboxylic acids is 1. The van der Waals surface area contributed by atoms with Crippen LogP contribution >= 0.6 is 0 Å². The van der Waals surface area contributed by atoms with Gasteiger partial charge >= 0.3 is 0 Å². The summed E-state index contributed by atoms with van der Waals surface area (Å²) in [7, 11) is 1.54. The molecule has 0 saturated heterocycles. The van der Waals surface area contributed by atoms with Crippen LogP contribution in [0, 0.1) is 6.92 Å². The van der Waals surface area contributed by atoms with Crippen LogP contribution in [0.25, 0.3) is 0 Å². The number of amides is 1. The fraction of sp³-hybridized carbons (Fsp3) is 0.235. The first-order valence-electron chi connectivity index (χ1n) is 6.86. The Balaban J connectivity index is 0.000000262. The highest BCUT2D eigenvalue weighted by atomic mass is 16.6. The maximum atomic E-state index is 11.1. The van der Waals surface area contributed by atoms with Gasteiger partial charge in [-0.15, -0.1) is 0 Å². The SMILES string of the molecule is CCC(=O)Nc1cccc(NOC)c1.Cc1ccccc1. The van der Waals surface area contributed by atoms with Gasteiger partial charge in [-0.05, 0) is 25.1 Å². The molecule has 1 amide bonds. The third-order valence-corrected chi connectivity index (χ3v) is 2.63. The Morgan fingerprint density at radius 2 is 1.71 bits per heavy atom. The van der Waals surface area contributed by atoms with Crippen LogP contribution < -0.4 is 10.8 Å². The Morgan fingerprint density at radius 3 is 2.24 bits per heavy atom. The van der Waals surface area contributed by atoms with Crippen molar-refractivity contribution in [1.82, 2.24) is 0 Å². The van der Waals surface area contributed by atoms with E-state index in [4.69, 9.17) is 4.84 Å². The third kappa shape index (κ3) is 7.13. The molecule has 21 heavy (non-hydrogen) atoms. The monoisotopic (exact) mass is 286 g/mol. The van der Waals surface area contributed by atoms with E-state index in [1.807, 2.05) is 43.3 Å². The number of rotatable bonds is 4. The van der Waals surface area contributed by atoms with E-state index in [9.17, 15) is 4.79 Å². The quantitative estimate of drug-likeness (QED) is 0.835. The molecule has 0 bridgehead atoms. The predicted octanol–water partition coefficient (Wildman–Crippen LogP) is 4.00. The van der Waals surface area contributed by atoms with Gasteiger partial charge in [-0.2, -0.15) is 0 Å². The summed E-state index contributed by atoms with van der Waals surface area (Å²) >= 11 is 0. The number of anilines is 2. The molecule has 112 valence electrons. The van der Waals surface area contributed by atoms with E-state index in [2.05, 4.69) is 29.9 Å². The van der Waals surface area contributed by atoms with Crippen molar-refractivity contribution in [3.8, 4) is 0 Å². The van der Waals surface area contributed by atoms with Crippen molar-refractivity contribution in [2.75, 3.05) is 17.9 Å². The van der Waals surface area contributed by atoms with Gasteiger partial charge in [0, 0.05) is 12.1 Å². The second-order valence-electron chi connectivity index (χ2n) is 4.44. The Morgan fingerprint density at radius 1 is 1.05 bits per heavy atom. The molecule has 0 radical (unpaired) electrons. The van der Waals surface area contributed by atoms with Gasteiger partial charge in [0.15, 0.2) is 0 Å². The van der Waals surface area contributed by atoms with Crippen molar-refractivity contribution >= 4 is 17.3 Å². The first-order chi connectivity index (χ1) is 10.2. The second kappa shape index (κ2) is 9.55. The highest BCUT2D eigenvalue weighted by molar-refractivity contribution is 5.90. The lowest BCUT2D eigenvalue weighted by Gasteiger charge is -2.06. The maximum absolute atomic E-state index is 11.1. The van der Waals surface area contributed by atoms with Gasteiger partial charge in [0.2, 0.25) is 5.91 Å². The first kappa shape index (κ1) is 16.7. The van der Waals surface area contributed by atoms with E-state index in [0.717, 1.165) is 11.4 Å². The molecule has 0 aliphatic carbocycles. The van der Waals surface area contributed by atoms with Crippen LogP contribution in [-0.4, -0.2) is 13.0 Å². The fourth-order valence-corrected chi connectivity index (χ4v) is 1.56. The molecule has 2 aromatic carbocycles. The Hall–Kier alpha value is -2.33. The predicted molar refractivity (Wildman–Crippen MR) is 87.2 cm³/mol. The Kier molecular flexibility index (Phi) is 7.61. The molecule has 0 heterocycles. The van der Waals surface area contributed by atoms with E-state index in [1.54, 1.807) is 6.07 Å². The van der Waals surface area contributed by atoms with Crippen molar-refractivity contribution in [2.24, 2.45) is 0 Å². The third-order valence-electron chi connectivity index (χ3n) is 2.63. The smallest absolute Gasteiger partial charge is 0.224 e. The summed E-state index contributed by atoms with van der Waals surface area (Å²) in [5, 5.41) is 2.76. The average Bonchev–Trinajstić information content (AvgIpc) is 2.49. The van der Waals surface area contributed by atoms with Crippen molar-refractivity contribution in [3.05, 3.63) is 60.2 Å². The fourth-order valence-electron chi connectivity index (χ4n) is 1.56. The number of benzene rings is 2. The van der Waals surface area contributed by atoms with Gasteiger partial charge < -0.3 is 5.32 Å². The summed E-state index contributed by atoms with van der Waals surface area (Å²) in [5.74, 6) is -0.000401. The highest BCUT2D eigenvalue weighted by Crippen LogP contribution is 2.14. The minimum Gasteiger partial charge on any atom is -0.326 e.